The summed E-state index contributed by atoms with van der Waals surface area (Å²) in [7, 11) is -3.51. The number of para-hydroxylation sites is 1. The van der Waals surface area contributed by atoms with Gasteiger partial charge >= 0.3 is 0 Å². The number of nitrogens with zero attached hydrogens (tertiary/aromatic N) is 2. The van der Waals surface area contributed by atoms with Gasteiger partial charge in [0.05, 0.1) is 11.9 Å². The second-order valence-electron chi connectivity index (χ2n) is 9.30. The molecule has 2 rings (SSSR count). The molecule has 0 aliphatic carbocycles. The fraction of sp³-hybridized carbons (Fsp3) is 0.500. The maximum atomic E-state index is 13.5. The number of rotatable bonds is 14. The molecule has 1 atom stereocenters. The number of benzene rings is 2. The second-order valence-corrected chi connectivity index (χ2v) is 11.2. The van der Waals surface area contributed by atoms with Crippen molar-refractivity contribution in [3.05, 3.63) is 65.2 Å². The van der Waals surface area contributed by atoms with Crippen LogP contribution in [-0.4, -0.2) is 50.5 Å². The molecule has 0 aliphatic heterocycles. The Morgan fingerprint density at radius 2 is 1.64 bits per heavy atom. The van der Waals surface area contributed by atoms with E-state index in [1.807, 2.05) is 57.2 Å². The van der Waals surface area contributed by atoms with Crippen LogP contribution in [-0.2, 0) is 26.2 Å². The summed E-state index contributed by atoms with van der Waals surface area (Å²) >= 11 is 0. The predicted octanol–water partition coefficient (Wildman–Crippen LogP) is 4.57. The molecule has 0 heterocycles. The number of aryl methyl sites for hydroxylation is 2. The number of amides is 2. The molecule has 2 aromatic rings. The lowest BCUT2D eigenvalue weighted by Crippen LogP contribution is -2.49. The van der Waals surface area contributed by atoms with Gasteiger partial charge in [0.1, 0.15) is 6.04 Å². The number of carbonyl (C=O) groups excluding carboxylic acids is 2. The third kappa shape index (κ3) is 8.66. The smallest absolute Gasteiger partial charge is 0.242 e. The third-order valence-electron chi connectivity index (χ3n) is 6.23. The Kier molecular flexibility index (Phi) is 11.4. The van der Waals surface area contributed by atoms with Crippen molar-refractivity contribution in [2.75, 3.05) is 23.7 Å². The largest absolute Gasteiger partial charge is 0.354 e. The van der Waals surface area contributed by atoms with Crippen LogP contribution < -0.4 is 9.62 Å². The van der Waals surface area contributed by atoms with Crippen LogP contribution in [0.1, 0.15) is 62.6 Å². The van der Waals surface area contributed by atoms with Gasteiger partial charge in [-0.15, -0.1) is 0 Å². The van der Waals surface area contributed by atoms with Gasteiger partial charge in [-0.1, -0.05) is 68.3 Å². The highest BCUT2D eigenvalue weighted by atomic mass is 32.2. The van der Waals surface area contributed by atoms with Crippen molar-refractivity contribution in [2.24, 2.45) is 0 Å². The summed E-state index contributed by atoms with van der Waals surface area (Å²) in [6.07, 6.45) is 4.02. The molecule has 0 fully saturated rings. The number of carbonyl (C=O) groups is 2. The van der Waals surface area contributed by atoms with E-state index >= 15 is 0 Å². The predicted molar refractivity (Wildman–Crippen MR) is 146 cm³/mol. The van der Waals surface area contributed by atoms with Gasteiger partial charge in [-0.3, -0.25) is 13.9 Å². The summed E-state index contributed by atoms with van der Waals surface area (Å²) in [5, 5.41) is 2.97. The lowest BCUT2D eigenvalue weighted by Gasteiger charge is -2.31. The van der Waals surface area contributed by atoms with Crippen LogP contribution in [0.25, 0.3) is 0 Å². The SMILES string of the molecule is CCCCNC(=O)[C@H](CC)N(Cc1ccc(C)cc1)C(=O)CCCN(c1ccccc1C)S(C)(=O)=O. The summed E-state index contributed by atoms with van der Waals surface area (Å²) in [5.41, 5.74) is 3.54. The van der Waals surface area contributed by atoms with Crippen molar-refractivity contribution in [2.45, 2.75) is 72.4 Å². The number of hydrogen-bond donors (Lipinski definition) is 1. The van der Waals surface area contributed by atoms with E-state index in [0.717, 1.165) is 29.5 Å². The van der Waals surface area contributed by atoms with Crippen LogP contribution in [0.4, 0.5) is 5.69 Å². The quantitative estimate of drug-likeness (QED) is 0.373. The van der Waals surface area contributed by atoms with E-state index < -0.39 is 16.1 Å². The van der Waals surface area contributed by atoms with Gasteiger partial charge in [0.25, 0.3) is 0 Å². The van der Waals surface area contributed by atoms with E-state index in [4.69, 9.17) is 0 Å². The topological polar surface area (TPSA) is 86.8 Å². The van der Waals surface area contributed by atoms with Crippen LogP contribution in [0.15, 0.2) is 48.5 Å². The Balaban J connectivity index is 2.20. The van der Waals surface area contributed by atoms with Crippen molar-refractivity contribution in [1.82, 2.24) is 10.2 Å². The Morgan fingerprint density at radius 3 is 2.22 bits per heavy atom. The monoisotopic (exact) mass is 515 g/mol. The fourth-order valence-corrected chi connectivity index (χ4v) is 5.16. The Hall–Kier alpha value is -2.87. The van der Waals surface area contributed by atoms with Crippen molar-refractivity contribution in [1.29, 1.82) is 0 Å². The minimum atomic E-state index is -3.51. The molecule has 1 N–H and O–H groups in total. The van der Waals surface area contributed by atoms with Gasteiger partial charge in [0, 0.05) is 26.1 Å². The Morgan fingerprint density at radius 1 is 0.972 bits per heavy atom. The van der Waals surface area contributed by atoms with Crippen molar-refractivity contribution < 1.29 is 18.0 Å². The molecular weight excluding hydrogens is 474 g/mol. The maximum Gasteiger partial charge on any atom is 0.242 e. The molecular formula is C28H41N3O4S. The summed E-state index contributed by atoms with van der Waals surface area (Å²) in [6, 6.07) is 14.7. The Bertz CT molecular complexity index is 1100. The first kappa shape index (κ1) is 29.4. The molecule has 198 valence electrons. The minimum absolute atomic E-state index is 0.141. The molecule has 2 aromatic carbocycles. The van der Waals surface area contributed by atoms with E-state index in [1.165, 1.54) is 10.6 Å². The fourth-order valence-electron chi connectivity index (χ4n) is 4.14. The highest BCUT2D eigenvalue weighted by Gasteiger charge is 2.28. The van der Waals surface area contributed by atoms with Crippen molar-refractivity contribution in [3.63, 3.8) is 0 Å². The maximum absolute atomic E-state index is 13.5. The Labute approximate surface area is 216 Å². The second kappa shape index (κ2) is 14.0. The van der Waals surface area contributed by atoms with Crippen LogP contribution in [0.2, 0.25) is 0 Å². The van der Waals surface area contributed by atoms with Crippen molar-refractivity contribution >= 4 is 27.5 Å². The molecule has 0 radical (unpaired) electrons. The number of hydrogen-bond acceptors (Lipinski definition) is 4. The molecule has 36 heavy (non-hydrogen) atoms. The first-order valence-corrected chi connectivity index (χ1v) is 14.6. The first-order chi connectivity index (χ1) is 17.1. The van der Waals surface area contributed by atoms with Crippen LogP contribution >= 0.6 is 0 Å². The number of unbranched alkanes of at least 4 members (excludes halogenated alkanes) is 1. The van der Waals surface area contributed by atoms with Gasteiger partial charge in [-0.05, 0) is 50.3 Å². The molecule has 0 bridgehead atoms. The molecule has 0 saturated carbocycles. The van der Waals surface area contributed by atoms with E-state index in [9.17, 15) is 18.0 Å². The highest BCUT2D eigenvalue weighted by Crippen LogP contribution is 2.23. The molecule has 0 aliphatic rings. The van der Waals surface area contributed by atoms with Crippen LogP contribution in [0.3, 0.4) is 0 Å². The van der Waals surface area contributed by atoms with Crippen LogP contribution in [0.5, 0.6) is 0 Å². The molecule has 0 aromatic heterocycles. The molecule has 8 heteroatoms. The summed E-state index contributed by atoms with van der Waals surface area (Å²) < 4.78 is 26.4. The lowest BCUT2D eigenvalue weighted by atomic mass is 10.1. The average molecular weight is 516 g/mol. The summed E-state index contributed by atoms with van der Waals surface area (Å²) in [6.45, 7) is 8.93. The van der Waals surface area contributed by atoms with Gasteiger partial charge in [0.15, 0.2) is 0 Å². The van der Waals surface area contributed by atoms with Gasteiger partial charge in [0.2, 0.25) is 21.8 Å². The average Bonchev–Trinajstić information content (AvgIpc) is 2.83. The summed E-state index contributed by atoms with van der Waals surface area (Å²) in [5.74, 6) is -0.310. The zero-order valence-electron chi connectivity index (χ0n) is 22.3. The number of anilines is 1. The standard InChI is InChI=1S/C28H41N3O4S/c1-6-8-19-29-28(33)25(7-2)30(21-24-17-15-22(3)16-18-24)27(32)14-11-20-31(36(5,34)35)26-13-10-9-12-23(26)4/h9-10,12-13,15-18,25H,6-8,11,14,19-21H2,1-5H3,(H,29,33)/t25-/m0/s1. The zero-order chi connectivity index (χ0) is 26.7. The molecule has 0 spiro atoms. The molecule has 7 nitrogen and oxygen atoms in total. The highest BCUT2D eigenvalue weighted by molar-refractivity contribution is 7.92. The number of sulfonamides is 1. The zero-order valence-corrected chi connectivity index (χ0v) is 23.1. The molecule has 0 unspecified atom stereocenters. The van der Waals surface area contributed by atoms with E-state index in [-0.39, 0.29) is 24.8 Å². The normalized spacial score (nSPS) is 12.1. The number of nitrogens with one attached hydrogen (secondary N) is 1. The molecule has 0 saturated heterocycles. The van der Waals surface area contributed by atoms with E-state index in [0.29, 0.717) is 31.6 Å². The van der Waals surface area contributed by atoms with E-state index in [2.05, 4.69) is 12.2 Å². The van der Waals surface area contributed by atoms with E-state index in [1.54, 1.807) is 17.0 Å². The van der Waals surface area contributed by atoms with Gasteiger partial charge in [-0.2, -0.15) is 0 Å². The van der Waals surface area contributed by atoms with Gasteiger partial charge < -0.3 is 10.2 Å². The molecule has 2 amide bonds. The van der Waals surface area contributed by atoms with Crippen LogP contribution in [0, 0.1) is 13.8 Å². The third-order valence-corrected chi connectivity index (χ3v) is 7.41. The minimum Gasteiger partial charge on any atom is -0.354 e. The van der Waals surface area contributed by atoms with Gasteiger partial charge in [-0.25, -0.2) is 8.42 Å². The first-order valence-electron chi connectivity index (χ1n) is 12.7. The lowest BCUT2D eigenvalue weighted by molar-refractivity contribution is -0.141. The van der Waals surface area contributed by atoms with Crippen molar-refractivity contribution in [3.8, 4) is 0 Å². The summed E-state index contributed by atoms with van der Waals surface area (Å²) in [4.78, 5) is 28.1.